The summed E-state index contributed by atoms with van der Waals surface area (Å²) in [6, 6.07) is 5.59. The minimum Gasteiger partial charge on any atom is -0.463 e. The van der Waals surface area contributed by atoms with Crippen LogP contribution in [0.4, 0.5) is 14.0 Å². The molecule has 1 amide bonds. The van der Waals surface area contributed by atoms with Crippen molar-refractivity contribution in [1.82, 2.24) is 5.06 Å². The van der Waals surface area contributed by atoms with Crippen molar-refractivity contribution in [2.24, 2.45) is 0 Å². The number of ether oxygens (including phenoxy) is 1. The van der Waals surface area contributed by atoms with Crippen LogP contribution in [0.2, 0.25) is 0 Å². The summed E-state index contributed by atoms with van der Waals surface area (Å²) in [5.41, 5.74) is -0.738. The Labute approximate surface area is 115 Å². The lowest BCUT2D eigenvalue weighted by molar-refractivity contribution is -0.127. The molecule has 7 heteroatoms. The first-order chi connectivity index (χ1) is 9.19. The van der Waals surface area contributed by atoms with Crippen LogP contribution in [0.5, 0.6) is 0 Å². The molecule has 0 radical (unpaired) electrons. The second kappa shape index (κ2) is 6.23. The smallest absolute Gasteiger partial charge is 0.463 e. The number of rotatable bonds is 2. The predicted octanol–water partition coefficient (Wildman–Crippen LogP) is 3.17. The highest BCUT2D eigenvalue weighted by Crippen LogP contribution is 2.13. The van der Waals surface area contributed by atoms with Gasteiger partial charge in [-0.25, -0.2) is 14.0 Å². The lowest BCUT2D eigenvalue weighted by Gasteiger charge is -2.22. The van der Waals surface area contributed by atoms with E-state index in [0.717, 1.165) is 0 Å². The molecule has 0 bridgehead atoms. The first-order valence-electron chi connectivity index (χ1n) is 5.84. The Balaban J connectivity index is 2.74. The van der Waals surface area contributed by atoms with Crippen LogP contribution in [0.3, 0.4) is 0 Å². The van der Waals surface area contributed by atoms with Gasteiger partial charge in [0, 0.05) is 5.56 Å². The zero-order valence-corrected chi connectivity index (χ0v) is 11.4. The first-order valence-corrected chi connectivity index (χ1v) is 5.84. The molecule has 1 rings (SSSR count). The van der Waals surface area contributed by atoms with Gasteiger partial charge >= 0.3 is 12.2 Å². The number of hydrogen-bond acceptors (Lipinski definition) is 4. The molecular formula is C13H16FNO5. The van der Waals surface area contributed by atoms with Gasteiger partial charge in [-0.15, -0.1) is 5.06 Å². The molecule has 0 aliphatic heterocycles. The number of amides is 1. The number of hydrogen-bond donors (Lipinski definition) is 1. The molecule has 0 saturated heterocycles. The number of carbonyl (C=O) groups is 2. The second-order valence-electron chi connectivity index (χ2n) is 4.97. The quantitative estimate of drug-likeness (QED) is 0.667. The maximum Gasteiger partial charge on any atom is 0.534 e. The van der Waals surface area contributed by atoms with Gasteiger partial charge in [0.15, 0.2) is 0 Å². The summed E-state index contributed by atoms with van der Waals surface area (Å²) in [7, 11) is 0. The van der Waals surface area contributed by atoms with Crippen LogP contribution < -0.4 is 0 Å². The van der Waals surface area contributed by atoms with Crippen molar-refractivity contribution in [2.45, 2.75) is 32.9 Å². The monoisotopic (exact) mass is 285 g/mol. The van der Waals surface area contributed by atoms with Crippen LogP contribution in [0.25, 0.3) is 0 Å². The van der Waals surface area contributed by atoms with Crippen molar-refractivity contribution < 1.29 is 28.7 Å². The highest BCUT2D eigenvalue weighted by molar-refractivity contribution is 5.67. The Morgan fingerprint density at radius 1 is 1.30 bits per heavy atom. The molecule has 0 atom stereocenters. The van der Waals surface area contributed by atoms with Crippen LogP contribution in [-0.2, 0) is 16.1 Å². The van der Waals surface area contributed by atoms with Crippen LogP contribution >= 0.6 is 0 Å². The second-order valence-corrected chi connectivity index (χ2v) is 4.97. The molecule has 1 aromatic carbocycles. The van der Waals surface area contributed by atoms with Crippen LogP contribution in [0.15, 0.2) is 24.3 Å². The molecule has 0 aliphatic carbocycles. The van der Waals surface area contributed by atoms with E-state index >= 15 is 0 Å². The van der Waals surface area contributed by atoms with E-state index in [-0.39, 0.29) is 5.56 Å². The molecule has 110 valence electrons. The third-order valence-corrected chi connectivity index (χ3v) is 2.06. The van der Waals surface area contributed by atoms with E-state index in [1.54, 1.807) is 26.8 Å². The maximum atomic E-state index is 13.4. The maximum absolute atomic E-state index is 13.4. The highest BCUT2D eigenvalue weighted by Gasteiger charge is 2.24. The number of benzene rings is 1. The van der Waals surface area contributed by atoms with Crippen molar-refractivity contribution in [2.75, 3.05) is 0 Å². The standard InChI is InChI=1S/C13H16FNO5/c1-13(2,3)19-12(18)20-15(11(16)17)8-9-6-4-5-7-10(9)14/h4-7H,8H2,1-3H3,(H,16,17). The average Bonchev–Trinajstić information content (AvgIpc) is 2.28. The van der Waals surface area contributed by atoms with Gasteiger partial charge in [0.1, 0.15) is 11.4 Å². The van der Waals surface area contributed by atoms with Crippen molar-refractivity contribution in [3.8, 4) is 0 Å². The van der Waals surface area contributed by atoms with Crippen LogP contribution in [0.1, 0.15) is 26.3 Å². The van der Waals surface area contributed by atoms with E-state index in [9.17, 15) is 14.0 Å². The van der Waals surface area contributed by atoms with Gasteiger partial charge in [-0.05, 0) is 26.8 Å². The molecular weight excluding hydrogens is 269 g/mol. The SMILES string of the molecule is CC(C)(C)OC(=O)ON(Cc1ccccc1F)C(=O)O. The van der Waals surface area contributed by atoms with Gasteiger partial charge in [0.05, 0.1) is 6.54 Å². The van der Waals surface area contributed by atoms with Crippen LogP contribution in [-0.4, -0.2) is 28.0 Å². The first kappa shape index (κ1) is 15.7. The normalized spacial score (nSPS) is 10.8. The molecule has 0 unspecified atom stereocenters. The van der Waals surface area contributed by atoms with E-state index in [1.165, 1.54) is 18.2 Å². The van der Waals surface area contributed by atoms with E-state index in [0.29, 0.717) is 5.06 Å². The van der Waals surface area contributed by atoms with Crippen molar-refractivity contribution in [3.05, 3.63) is 35.6 Å². The Morgan fingerprint density at radius 2 is 1.90 bits per heavy atom. The fourth-order valence-electron chi connectivity index (χ4n) is 1.28. The van der Waals surface area contributed by atoms with Gasteiger partial charge in [0.2, 0.25) is 0 Å². The fourth-order valence-corrected chi connectivity index (χ4v) is 1.28. The minimum atomic E-state index is -1.53. The van der Waals surface area contributed by atoms with Crippen LogP contribution in [0, 0.1) is 5.82 Å². The molecule has 1 N–H and O–H groups in total. The summed E-state index contributed by atoms with van der Waals surface area (Å²) in [6.07, 6.45) is -2.70. The zero-order valence-electron chi connectivity index (χ0n) is 11.4. The Bertz CT molecular complexity index is 498. The van der Waals surface area contributed by atoms with E-state index in [4.69, 9.17) is 9.84 Å². The third kappa shape index (κ3) is 5.13. The lowest BCUT2D eigenvalue weighted by atomic mass is 10.2. The number of hydroxylamine groups is 2. The molecule has 0 saturated carbocycles. The number of halogens is 1. The Kier molecular flexibility index (Phi) is 4.90. The molecule has 0 heterocycles. The summed E-state index contributed by atoms with van der Waals surface area (Å²) >= 11 is 0. The van der Waals surface area contributed by atoms with Gasteiger partial charge in [-0.3, -0.25) is 4.84 Å². The fraction of sp³-hybridized carbons (Fsp3) is 0.385. The van der Waals surface area contributed by atoms with Crippen molar-refractivity contribution >= 4 is 12.2 Å². The third-order valence-electron chi connectivity index (χ3n) is 2.06. The molecule has 1 aromatic rings. The van der Waals surface area contributed by atoms with Gasteiger partial charge in [-0.1, -0.05) is 18.2 Å². The number of nitrogens with zero attached hydrogens (tertiary/aromatic N) is 1. The predicted molar refractivity (Wildman–Crippen MR) is 67.3 cm³/mol. The topological polar surface area (TPSA) is 76.1 Å². The Morgan fingerprint density at radius 3 is 2.40 bits per heavy atom. The summed E-state index contributed by atoms with van der Waals surface area (Å²) in [6.45, 7) is 4.39. The molecule has 0 fully saturated rings. The zero-order chi connectivity index (χ0) is 15.3. The average molecular weight is 285 g/mol. The lowest BCUT2D eigenvalue weighted by Crippen LogP contribution is -2.35. The van der Waals surface area contributed by atoms with Crippen molar-refractivity contribution in [3.63, 3.8) is 0 Å². The summed E-state index contributed by atoms with van der Waals surface area (Å²) in [5, 5.41) is 9.26. The Hall–Kier alpha value is -2.31. The summed E-state index contributed by atoms with van der Waals surface area (Å²) < 4.78 is 18.3. The number of carboxylic acid groups (broad SMARTS) is 1. The van der Waals surface area contributed by atoms with E-state index in [1.807, 2.05) is 0 Å². The van der Waals surface area contributed by atoms with E-state index < -0.39 is 30.2 Å². The molecule has 0 aromatic heterocycles. The molecule has 20 heavy (non-hydrogen) atoms. The highest BCUT2D eigenvalue weighted by atomic mass is 19.1. The largest absolute Gasteiger partial charge is 0.534 e. The summed E-state index contributed by atoms with van der Waals surface area (Å²) in [5.74, 6) is -0.591. The van der Waals surface area contributed by atoms with Gasteiger partial charge in [-0.2, -0.15) is 0 Å². The van der Waals surface area contributed by atoms with Gasteiger partial charge < -0.3 is 9.84 Å². The minimum absolute atomic E-state index is 0.0819. The van der Waals surface area contributed by atoms with Crippen molar-refractivity contribution in [1.29, 1.82) is 0 Å². The van der Waals surface area contributed by atoms with E-state index in [2.05, 4.69) is 4.84 Å². The molecule has 0 aliphatic rings. The number of carbonyl (C=O) groups excluding carboxylic acids is 1. The summed E-state index contributed by atoms with van der Waals surface area (Å²) in [4.78, 5) is 26.9. The molecule has 0 spiro atoms. The molecule has 6 nitrogen and oxygen atoms in total. The van der Waals surface area contributed by atoms with Gasteiger partial charge in [0.25, 0.3) is 0 Å².